The summed E-state index contributed by atoms with van der Waals surface area (Å²) in [7, 11) is 2.17. The number of nitrogens with zero attached hydrogens (tertiary/aromatic N) is 1. The maximum absolute atomic E-state index is 11.3. The third-order valence-corrected chi connectivity index (χ3v) is 3.43. The van der Waals surface area contributed by atoms with Gasteiger partial charge < -0.3 is 5.32 Å². The molecule has 2 aliphatic heterocycles. The fourth-order valence-electron chi connectivity index (χ4n) is 2.48. The molecule has 2 fully saturated rings. The highest BCUT2D eigenvalue weighted by atomic mass is 16.1. The van der Waals surface area contributed by atoms with Crippen LogP contribution in [0.15, 0.2) is 0 Å². The largest absolute Gasteiger partial charge is 0.354 e. The molecule has 0 saturated carbocycles. The summed E-state index contributed by atoms with van der Waals surface area (Å²) >= 11 is 0. The summed E-state index contributed by atoms with van der Waals surface area (Å²) in [4.78, 5) is 13.8. The third-order valence-electron chi connectivity index (χ3n) is 3.43. The van der Waals surface area contributed by atoms with Crippen molar-refractivity contribution in [2.75, 3.05) is 13.6 Å². The highest BCUT2D eigenvalue weighted by Crippen LogP contribution is 2.23. The maximum Gasteiger partial charge on any atom is 0.221 e. The quantitative estimate of drug-likeness (QED) is 0.599. The van der Waals surface area contributed by atoms with Gasteiger partial charge in [-0.1, -0.05) is 12.8 Å². The first kappa shape index (κ1) is 9.00. The lowest BCUT2D eigenvalue weighted by molar-refractivity contribution is -0.121. The normalized spacial score (nSPS) is 36.2. The first-order valence-electron chi connectivity index (χ1n) is 5.26. The molecular formula is C10H18N2O. The van der Waals surface area contributed by atoms with Gasteiger partial charge in [-0.3, -0.25) is 9.69 Å². The molecule has 2 unspecified atom stereocenters. The number of carbonyl (C=O) groups excluding carboxylic acids is 1. The van der Waals surface area contributed by atoms with Crippen LogP contribution in [-0.2, 0) is 4.79 Å². The van der Waals surface area contributed by atoms with Crippen LogP contribution in [0, 0.1) is 0 Å². The van der Waals surface area contributed by atoms with Crippen molar-refractivity contribution in [2.45, 2.75) is 44.2 Å². The summed E-state index contributed by atoms with van der Waals surface area (Å²) in [6.07, 6.45) is 5.75. The summed E-state index contributed by atoms with van der Waals surface area (Å²) in [6, 6.07) is 1.08. The van der Waals surface area contributed by atoms with Gasteiger partial charge in [0, 0.05) is 25.0 Å². The van der Waals surface area contributed by atoms with Crippen LogP contribution < -0.4 is 5.32 Å². The van der Waals surface area contributed by atoms with Gasteiger partial charge in [0.05, 0.1) is 0 Å². The molecule has 1 amide bonds. The van der Waals surface area contributed by atoms with Gasteiger partial charge in [-0.05, 0) is 19.9 Å². The van der Waals surface area contributed by atoms with Crippen molar-refractivity contribution in [1.29, 1.82) is 0 Å². The molecule has 2 bridgehead atoms. The van der Waals surface area contributed by atoms with E-state index in [2.05, 4.69) is 17.3 Å². The Morgan fingerprint density at radius 3 is 2.77 bits per heavy atom. The van der Waals surface area contributed by atoms with Crippen molar-refractivity contribution in [3.8, 4) is 0 Å². The number of nitrogens with one attached hydrogen (secondary N) is 1. The predicted molar refractivity (Wildman–Crippen MR) is 51.4 cm³/mol. The van der Waals surface area contributed by atoms with Gasteiger partial charge in [-0.25, -0.2) is 0 Å². The average molecular weight is 182 g/mol. The molecule has 0 aromatic heterocycles. The molecular weight excluding hydrogens is 164 g/mol. The van der Waals surface area contributed by atoms with Crippen LogP contribution in [-0.4, -0.2) is 36.5 Å². The second-order valence-electron chi connectivity index (χ2n) is 4.27. The number of fused-ring (bicyclic) bond motifs is 2. The van der Waals surface area contributed by atoms with E-state index < -0.39 is 0 Å². The Morgan fingerprint density at radius 2 is 2.00 bits per heavy atom. The van der Waals surface area contributed by atoms with Crippen molar-refractivity contribution >= 4 is 5.91 Å². The second-order valence-corrected chi connectivity index (χ2v) is 4.27. The Balaban J connectivity index is 2.13. The molecule has 2 rings (SSSR count). The highest BCUT2D eigenvalue weighted by Gasteiger charge is 2.30. The third kappa shape index (κ3) is 1.85. The molecule has 0 aromatic rings. The molecule has 0 spiro atoms. The van der Waals surface area contributed by atoms with Gasteiger partial charge in [0.25, 0.3) is 0 Å². The fourth-order valence-corrected chi connectivity index (χ4v) is 2.48. The number of hydrogen-bond donors (Lipinski definition) is 1. The van der Waals surface area contributed by atoms with Gasteiger partial charge in [0.15, 0.2) is 0 Å². The van der Waals surface area contributed by atoms with Crippen LogP contribution in [0.5, 0.6) is 0 Å². The minimum atomic E-state index is 0.237. The van der Waals surface area contributed by atoms with E-state index in [1.165, 1.54) is 25.7 Å². The van der Waals surface area contributed by atoms with E-state index >= 15 is 0 Å². The number of hydrogen-bond acceptors (Lipinski definition) is 2. The Bertz CT molecular complexity index is 205. The smallest absolute Gasteiger partial charge is 0.221 e. The molecule has 74 valence electrons. The van der Waals surface area contributed by atoms with Crippen LogP contribution >= 0.6 is 0 Å². The average Bonchev–Trinajstić information content (AvgIpc) is 2.35. The standard InChI is InChI=1S/C10H18N2O/c1-12-8-4-2-3-5-9(12)7-11-10(13)6-8/h8-9H,2-7H2,1H3,(H,11,13). The lowest BCUT2D eigenvalue weighted by Gasteiger charge is -2.28. The van der Waals surface area contributed by atoms with Crippen LogP contribution in [0.2, 0.25) is 0 Å². The van der Waals surface area contributed by atoms with Gasteiger partial charge >= 0.3 is 0 Å². The summed E-state index contributed by atoms with van der Waals surface area (Å²) in [6.45, 7) is 0.853. The molecule has 0 radical (unpaired) electrons. The van der Waals surface area contributed by atoms with Gasteiger partial charge in [0.2, 0.25) is 5.91 Å². The first-order chi connectivity index (χ1) is 6.27. The highest BCUT2D eigenvalue weighted by molar-refractivity contribution is 5.76. The Hall–Kier alpha value is -0.570. The zero-order chi connectivity index (χ0) is 9.26. The molecule has 3 heteroatoms. The number of amides is 1. The maximum atomic E-state index is 11.3. The zero-order valence-corrected chi connectivity index (χ0v) is 8.25. The van der Waals surface area contributed by atoms with Crippen LogP contribution in [0.4, 0.5) is 0 Å². The molecule has 3 nitrogen and oxygen atoms in total. The molecule has 0 aromatic carbocycles. The van der Waals surface area contributed by atoms with E-state index in [0.29, 0.717) is 18.5 Å². The van der Waals surface area contributed by atoms with Crippen molar-refractivity contribution in [3.05, 3.63) is 0 Å². The molecule has 2 saturated heterocycles. The van der Waals surface area contributed by atoms with Gasteiger partial charge in [0.1, 0.15) is 0 Å². The first-order valence-corrected chi connectivity index (χ1v) is 5.26. The van der Waals surface area contributed by atoms with E-state index in [0.717, 1.165) is 6.54 Å². The van der Waals surface area contributed by atoms with E-state index in [9.17, 15) is 4.79 Å². The lowest BCUT2D eigenvalue weighted by Crippen LogP contribution is -2.40. The van der Waals surface area contributed by atoms with Crippen LogP contribution in [0.3, 0.4) is 0 Å². The SMILES string of the molecule is CN1C2CCCCC1CC(=O)NC2. The van der Waals surface area contributed by atoms with Crippen LogP contribution in [0.1, 0.15) is 32.1 Å². The lowest BCUT2D eigenvalue weighted by atomic mass is 10.1. The monoisotopic (exact) mass is 182 g/mol. The van der Waals surface area contributed by atoms with Crippen molar-refractivity contribution in [2.24, 2.45) is 0 Å². The Kier molecular flexibility index (Phi) is 2.54. The molecule has 13 heavy (non-hydrogen) atoms. The van der Waals surface area contributed by atoms with Crippen molar-refractivity contribution in [3.63, 3.8) is 0 Å². The summed E-state index contributed by atoms with van der Waals surface area (Å²) in [5.74, 6) is 0.237. The summed E-state index contributed by atoms with van der Waals surface area (Å²) < 4.78 is 0. The fraction of sp³-hybridized carbons (Fsp3) is 0.900. The van der Waals surface area contributed by atoms with Gasteiger partial charge in [-0.2, -0.15) is 0 Å². The molecule has 2 heterocycles. The number of likely N-dealkylation sites (N-methyl/N-ethyl adjacent to an activating group) is 1. The Labute approximate surface area is 79.5 Å². The predicted octanol–water partition coefficient (Wildman–Crippen LogP) is 0.749. The Morgan fingerprint density at radius 1 is 1.31 bits per heavy atom. The number of rotatable bonds is 0. The number of carbonyl (C=O) groups is 1. The van der Waals surface area contributed by atoms with E-state index in [-0.39, 0.29) is 5.91 Å². The van der Waals surface area contributed by atoms with E-state index in [4.69, 9.17) is 0 Å². The second kappa shape index (κ2) is 3.66. The summed E-state index contributed by atoms with van der Waals surface area (Å²) in [5.41, 5.74) is 0. The van der Waals surface area contributed by atoms with E-state index in [1.807, 2.05) is 0 Å². The molecule has 2 atom stereocenters. The molecule has 1 N–H and O–H groups in total. The summed E-state index contributed by atoms with van der Waals surface area (Å²) in [5, 5.41) is 2.99. The topological polar surface area (TPSA) is 32.3 Å². The van der Waals surface area contributed by atoms with Crippen molar-refractivity contribution in [1.82, 2.24) is 10.2 Å². The minimum Gasteiger partial charge on any atom is -0.354 e. The van der Waals surface area contributed by atoms with Crippen LogP contribution in [0.25, 0.3) is 0 Å². The van der Waals surface area contributed by atoms with Crippen molar-refractivity contribution < 1.29 is 4.79 Å². The molecule has 0 aliphatic carbocycles. The van der Waals surface area contributed by atoms with Gasteiger partial charge in [-0.15, -0.1) is 0 Å². The minimum absolute atomic E-state index is 0.237. The van der Waals surface area contributed by atoms with E-state index in [1.54, 1.807) is 0 Å². The zero-order valence-electron chi connectivity index (χ0n) is 8.25. The molecule has 2 aliphatic rings.